The molecule has 0 bridgehead atoms. The van der Waals surface area contributed by atoms with Gasteiger partial charge in [0.05, 0.1) is 26.5 Å². The second-order valence-electron chi connectivity index (χ2n) is 4.96. The minimum Gasteiger partial charge on any atom is -0.506 e. The smallest absolute Gasteiger partial charge is 0.317 e. The van der Waals surface area contributed by atoms with Gasteiger partial charge in [0.1, 0.15) is 5.75 Å². The lowest BCUT2D eigenvalue weighted by molar-refractivity contribution is -0.394. The van der Waals surface area contributed by atoms with Gasteiger partial charge >= 0.3 is 5.69 Å². The van der Waals surface area contributed by atoms with E-state index in [-0.39, 0.29) is 17.1 Å². The molecule has 0 unspecified atom stereocenters. The van der Waals surface area contributed by atoms with Crippen molar-refractivity contribution in [2.45, 2.75) is 0 Å². The summed E-state index contributed by atoms with van der Waals surface area (Å²) >= 11 is 0. The van der Waals surface area contributed by atoms with Crippen molar-refractivity contribution in [2.75, 3.05) is 11.9 Å². The number of nitro groups is 3. The molecule has 2 rings (SSSR count). The van der Waals surface area contributed by atoms with Crippen LogP contribution in [0.15, 0.2) is 36.4 Å². The highest BCUT2D eigenvalue weighted by molar-refractivity contribution is 5.93. The van der Waals surface area contributed by atoms with Crippen LogP contribution in [0.5, 0.6) is 11.5 Å². The normalized spacial score (nSPS) is 10.1. The molecular formula is C14H10N4O9. The van der Waals surface area contributed by atoms with Gasteiger partial charge in [-0.05, 0) is 12.1 Å². The summed E-state index contributed by atoms with van der Waals surface area (Å²) in [6.07, 6.45) is 0. The molecule has 0 fully saturated rings. The largest absolute Gasteiger partial charge is 0.506 e. The molecule has 1 amide bonds. The van der Waals surface area contributed by atoms with E-state index < -0.39 is 44.4 Å². The lowest BCUT2D eigenvalue weighted by atomic mass is 10.2. The summed E-state index contributed by atoms with van der Waals surface area (Å²) in [5.74, 6) is -1.70. The number of nitrogens with zero attached hydrogens (tertiary/aromatic N) is 3. The molecule has 13 heteroatoms. The number of anilines is 1. The molecule has 140 valence electrons. The number of carbonyl (C=O) groups excluding carboxylic acids is 1. The van der Waals surface area contributed by atoms with Crippen LogP contribution < -0.4 is 10.1 Å². The Hall–Kier alpha value is -4.29. The van der Waals surface area contributed by atoms with Crippen molar-refractivity contribution in [3.63, 3.8) is 0 Å². The molecule has 0 saturated heterocycles. The van der Waals surface area contributed by atoms with Crippen LogP contribution in [0, 0.1) is 30.3 Å². The molecule has 0 heterocycles. The molecule has 0 aliphatic carbocycles. The Morgan fingerprint density at radius 2 is 1.56 bits per heavy atom. The van der Waals surface area contributed by atoms with Crippen LogP contribution in [0.25, 0.3) is 0 Å². The summed E-state index contributed by atoms with van der Waals surface area (Å²) in [5.41, 5.74) is -1.87. The highest BCUT2D eigenvalue weighted by atomic mass is 16.6. The molecular weight excluding hydrogens is 368 g/mol. The molecule has 27 heavy (non-hydrogen) atoms. The fraction of sp³-hybridized carbons (Fsp3) is 0.0714. The third-order valence-electron chi connectivity index (χ3n) is 3.17. The topological polar surface area (TPSA) is 188 Å². The van der Waals surface area contributed by atoms with E-state index in [2.05, 4.69) is 5.32 Å². The first-order valence-electron chi connectivity index (χ1n) is 7.02. The summed E-state index contributed by atoms with van der Waals surface area (Å²) < 4.78 is 4.99. The fourth-order valence-corrected chi connectivity index (χ4v) is 1.95. The predicted molar refractivity (Wildman–Crippen MR) is 88.6 cm³/mol. The molecule has 0 aliphatic heterocycles. The van der Waals surface area contributed by atoms with Gasteiger partial charge in [-0.15, -0.1) is 0 Å². The average molecular weight is 378 g/mol. The van der Waals surface area contributed by atoms with E-state index in [9.17, 15) is 40.2 Å². The third-order valence-corrected chi connectivity index (χ3v) is 3.17. The van der Waals surface area contributed by atoms with Gasteiger partial charge in [0.15, 0.2) is 12.4 Å². The quantitative estimate of drug-likeness (QED) is 0.413. The number of nitrogens with one attached hydrogen (secondary N) is 1. The second kappa shape index (κ2) is 7.73. The van der Waals surface area contributed by atoms with E-state index in [0.29, 0.717) is 6.07 Å². The van der Waals surface area contributed by atoms with E-state index >= 15 is 0 Å². The van der Waals surface area contributed by atoms with Crippen LogP contribution in [0.1, 0.15) is 0 Å². The van der Waals surface area contributed by atoms with Crippen LogP contribution in [0.4, 0.5) is 22.7 Å². The Balaban J connectivity index is 2.12. The first kappa shape index (κ1) is 19.0. The number of phenols is 1. The van der Waals surface area contributed by atoms with Crippen LogP contribution >= 0.6 is 0 Å². The molecule has 2 aromatic carbocycles. The van der Waals surface area contributed by atoms with Crippen LogP contribution in [-0.4, -0.2) is 32.4 Å². The van der Waals surface area contributed by atoms with E-state index in [4.69, 9.17) is 4.74 Å². The molecule has 0 aliphatic rings. The van der Waals surface area contributed by atoms with Gasteiger partial charge in [-0.1, -0.05) is 0 Å². The van der Waals surface area contributed by atoms with Crippen molar-refractivity contribution >= 4 is 28.7 Å². The summed E-state index contributed by atoms with van der Waals surface area (Å²) in [4.78, 5) is 41.8. The molecule has 0 aromatic heterocycles. The maximum absolute atomic E-state index is 11.9. The van der Waals surface area contributed by atoms with Gasteiger partial charge in [0, 0.05) is 18.2 Å². The molecule has 2 N–H and O–H groups in total. The molecule has 0 atom stereocenters. The van der Waals surface area contributed by atoms with Crippen LogP contribution in [-0.2, 0) is 4.79 Å². The first-order chi connectivity index (χ1) is 12.7. The number of amides is 1. The number of benzene rings is 2. The van der Waals surface area contributed by atoms with E-state index in [1.54, 1.807) is 0 Å². The van der Waals surface area contributed by atoms with Crippen molar-refractivity contribution in [1.82, 2.24) is 0 Å². The van der Waals surface area contributed by atoms with Gasteiger partial charge in [-0.2, -0.15) is 0 Å². The van der Waals surface area contributed by atoms with E-state index in [0.717, 1.165) is 30.3 Å². The summed E-state index contributed by atoms with van der Waals surface area (Å²) in [5, 5.41) is 44.1. The van der Waals surface area contributed by atoms with Crippen LogP contribution in [0.3, 0.4) is 0 Å². The zero-order valence-electron chi connectivity index (χ0n) is 13.2. The van der Waals surface area contributed by atoms with Gasteiger partial charge in [-0.25, -0.2) is 0 Å². The number of phenolic OH excluding ortho intramolecular Hbond substituents is 1. The Kier molecular flexibility index (Phi) is 5.45. The van der Waals surface area contributed by atoms with E-state index in [1.807, 2.05) is 0 Å². The SMILES string of the molecule is O=C(COc1ccc([N+](=O)[O-])cc1[N+](=O)[O-])Nc1cc([N+](=O)[O-])ccc1O. The number of ether oxygens (including phenoxy) is 1. The van der Waals surface area contributed by atoms with E-state index in [1.165, 1.54) is 0 Å². The highest BCUT2D eigenvalue weighted by Gasteiger charge is 2.21. The molecule has 0 spiro atoms. The number of non-ortho nitro benzene ring substituents is 2. The van der Waals surface area contributed by atoms with Crippen molar-refractivity contribution < 1.29 is 29.4 Å². The minimum absolute atomic E-state index is 0.254. The summed E-state index contributed by atoms with van der Waals surface area (Å²) in [6, 6.07) is 5.57. The third kappa shape index (κ3) is 4.62. The molecule has 0 saturated carbocycles. The van der Waals surface area contributed by atoms with Crippen molar-refractivity contribution in [1.29, 1.82) is 0 Å². The van der Waals surface area contributed by atoms with Crippen molar-refractivity contribution in [2.24, 2.45) is 0 Å². The zero-order valence-corrected chi connectivity index (χ0v) is 13.2. The lowest BCUT2D eigenvalue weighted by Crippen LogP contribution is -2.20. The summed E-state index contributed by atoms with van der Waals surface area (Å²) in [7, 11) is 0. The van der Waals surface area contributed by atoms with Gasteiger partial charge in [0.2, 0.25) is 0 Å². The maximum Gasteiger partial charge on any atom is 0.317 e. The molecule has 0 radical (unpaired) electrons. The van der Waals surface area contributed by atoms with Gasteiger partial charge in [-0.3, -0.25) is 35.1 Å². The molecule has 2 aromatic rings. The first-order valence-corrected chi connectivity index (χ1v) is 7.02. The Labute approximate surface area is 149 Å². The average Bonchev–Trinajstić information content (AvgIpc) is 2.61. The van der Waals surface area contributed by atoms with Crippen LogP contribution in [0.2, 0.25) is 0 Å². The number of carbonyl (C=O) groups is 1. The fourth-order valence-electron chi connectivity index (χ4n) is 1.95. The number of hydrogen-bond donors (Lipinski definition) is 2. The standard InChI is InChI=1S/C14H10N4O9/c19-12-3-1-8(16(21)22)5-10(12)15-14(20)7-27-13-4-2-9(17(23)24)6-11(13)18(25)26/h1-6,19H,7H2,(H,15,20). The highest BCUT2D eigenvalue weighted by Crippen LogP contribution is 2.31. The number of nitro benzene ring substituents is 3. The molecule has 13 nitrogen and oxygen atoms in total. The maximum atomic E-state index is 11.9. The summed E-state index contributed by atoms with van der Waals surface area (Å²) in [6.45, 7) is -0.749. The van der Waals surface area contributed by atoms with Gasteiger partial charge in [0.25, 0.3) is 17.3 Å². The van der Waals surface area contributed by atoms with Crippen molar-refractivity contribution in [3.05, 3.63) is 66.7 Å². The zero-order chi connectivity index (χ0) is 20.1. The Bertz CT molecular complexity index is 944. The number of hydrogen-bond acceptors (Lipinski definition) is 9. The van der Waals surface area contributed by atoms with Gasteiger partial charge < -0.3 is 15.2 Å². The number of aromatic hydroxyl groups is 1. The number of rotatable bonds is 7. The monoisotopic (exact) mass is 378 g/mol. The van der Waals surface area contributed by atoms with Crippen molar-refractivity contribution in [3.8, 4) is 11.5 Å². The predicted octanol–water partition coefficient (Wildman–Crippen LogP) is 2.13. The second-order valence-corrected chi connectivity index (χ2v) is 4.96. The Morgan fingerprint density at radius 1 is 0.963 bits per heavy atom. The minimum atomic E-state index is -0.910. The lowest BCUT2D eigenvalue weighted by Gasteiger charge is -2.09. The Morgan fingerprint density at radius 3 is 2.15 bits per heavy atom.